The van der Waals surface area contributed by atoms with Crippen molar-refractivity contribution in [3.8, 4) is 11.6 Å². The predicted molar refractivity (Wildman–Crippen MR) is 87.6 cm³/mol. The van der Waals surface area contributed by atoms with Gasteiger partial charge in [0.2, 0.25) is 5.88 Å². The lowest BCUT2D eigenvalue weighted by Crippen LogP contribution is -2.30. The first-order chi connectivity index (χ1) is 11.6. The highest BCUT2D eigenvalue weighted by atomic mass is 35.5. The molecular formula is C15H14Cl2F3N3O2. The maximum atomic E-state index is 12.7. The van der Waals surface area contributed by atoms with Crippen LogP contribution in [0, 0.1) is 6.92 Å². The van der Waals surface area contributed by atoms with Crippen molar-refractivity contribution in [2.75, 3.05) is 6.54 Å². The number of nitrogens with zero attached hydrogens (tertiary/aromatic N) is 2. The molecule has 2 rings (SSSR count). The zero-order chi connectivity index (χ0) is 18.8. The van der Waals surface area contributed by atoms with E-state index in [1.165, 1.54) is 6.07 Å². The highest BCUT2D eigenvalue weighted by Crippen LogP contribution is 2.41. The Bertz CT molecular complexity index is 768. The third-order valence-electron chi connectivity index (χ3n) is 3.12. The molecule has 1 N–H and O–H groups in total. The Kier molecular flexibility index (Phi) is 5.84. The number of carbonyl (C=O) groups is 1. The molecule has 0 aliphatic carbocycles. The highest BCUT2D eigenvalue weighted by molar-refractivity contribution is 6.37. The van der Waals surface area contributed by atoms with Crippen molar-refractivity contribution in [2.24, 2.45) is 0 Å². The Balaban J connectivity index is 2.27. The van der Waals surface area contributed by atoms with Crippen LogP contribution in [-0.2, 0) is 6.18 Å². The summed E-state index contributed by atoms with van der Waals surface area (Å²) >= 11 is 11.7. The van der Waals surface area contributed by atoms with Crippen molar-refractivity contribution in [3.05, 3.63) is 39.5 Å². The molecular weight excluding hydrogens is 382 g/mol. The maximum absolute atomic E-state index is 12.7. The van der Waals surface area contributed by atoms with Crippen LogP contribution >= 0.6 is 23.2 Å². The molecule has 1 heterocycles. The monoisotopic (exact) mass is 395 g/mol. The van der Waals surface area contributed by atoms with Gasteiger partial charge in [-0.05, 0) is 25.5 Å². The van der Waals surface area contributed by atoms with Gasteiger partial charge in [0, 0.05) is 12.6 Å². The number of rotatable bonds is 4. The first-order valence-electron chi connectivity index (χ1n) is 7.22. The third-order valence-corrected chi connectivity index (χ3v) is 3.68. The molecule has 5 nitrogen and oxygen atoms in total. The highest BCUT2D eigenvalue weighted by Gasteiger charge is 2.32. The lowest BCUT2D eigenvalue weighted by atomic mass is 10.2. The molecule has 0 spiro atoms. The van der Waals surface area contributed by atoms with Gasteiger partial charge in [0.15, 0.2) is 5.75 Å². The van der Waals surface area contributed by atoms with E-state index in [0.29, 0.717) is 24.4 Å². The molecule has 1 aromatic carbocycles. The van der Waals surface area contributed by atoms with Crippen LogP contribution in [0.15, 0.2) is 18.2 Å². The summed E-state index contributed by atoms with van der Waals surface area (Å²) < 4.78 is 44.7. The first-order valence-corrected chi connectivity index (χ1v) is 7.98. The fourth-order valence-corrected chi connectivity index (χ4v) is 2.50. The van der Waals surface area contributed by atoms with Crippen molar-refractivity contribution in [3.63, 3.8) is 0 Å². The number of carbonyl (C=O) groups excluding carboxylic acids is 1. The molecule has 0 radical (unpaired) electrons. The number of hydrogen-bond acceptors (Lipinski definition) is 3. The number of aryl methyl sites for hydroxylation is 1. The standard InChI is InChI=1S/C15H14Cl2F3N3O2/c1-3-4-21-14(24)23-8(2)5-12(22-23)25-13-10(16)6-9(7-11(13)17)15(18,19)20/h5-7H,3-4H2,1-2H3,(H,21,24). The molecule has 1 aromatic heterocycles. The van der Waals surface area contributed by atoms with Crippen molar-refractivity contribution in [1.82, 2.24) is 15.1 Å². The van der Waals surface area contributed by atoms with E-state index in [1.807, 2.05) is 6.92 Å². The molecule has 0 unspecified atom stereocenters. The van der Waals surface area contributed by atoms with Crippen molar-refractivity contribution in [2.45, 2.75) is 26.4 Å². The number of aromatic nitrogens is 2. The van der Waals surface area contributed by atoms with E-state index in [2.05, 4.69) is 10.4 Å². The smallest absolute Gasteiger partial charge is 0.416 e. The van der Waals surface area contributed by atoms with Crippen molar-refractivity contribution in [1.29, 1.82) is 0 Å². The van der Waals surface area contributed by atoms with Gasteiger partial charge in [-0.25, -0.2) is 4.79 Å². The average Bonchev–Trinajstić information content (AvgIpc) is 2.88. The van der Waals surface area contributed by atoms with E-state index in [4.69, 9.17) is 27.9 Å². The van der Waals surface area contributed by atoms with Crippen LogP contribution in [0.4, 0.5) is 18.0 Å². The van der Waals surface area contributed by atoms with E-state index in [1.54, 1.807) is 6.92 Å². The molecule has 0 saturated heterocycles. The molecule has 0 fully saturated rings. The molecule has 0 aliphatic heterocycles. The molecule has 10 heteroatoms. The van der Waals surface area contributed by atoms with Crippen LogP contribution in [0.2, 0.25) is 10.0 Å². The van der Waals surface area contributed by atoms with Crippen molar-refractivity contribution < 1.29 is 22.7 Å². The number of amides is 1. The first kappa shape index (κ1) is 19.4. The molecule has 0 bridgehead atoms. The Morgan fingerprint density at radius 2 is 1.88 bits per heavy atom. The summed E-state index contributed by atoms with van der Waals surface area (Å²) in [7, 11) is 0. The molecule has 25 heavy (non-hydrogen) atoms. The number of benzene rings is 1. The van der Waals surface area contributed by atoms with Gasteiger partial charge in [0.05, 0.1) is 21.3 Å². The maximum Gasteiger partial charge on any atom is 0.416 e. The van der Waals surface area contributed by atoms with Gasteiger partial charge in [-0.15, -0.1) is 5.10 Å². The Morgan fingerprint density at radius 1 is 1.28 bits per heavy atom. The zero-order valence-electron chi connectivity index (χ0n) is 13.2. The molecule has 136 valence electrons. The Hall–Kier alpha value is -1.93. The third kappa shape index (κ3) is 4.58. The average molecular weight is 396 g/mol. The summed E-state index contributed by atoms with van der Waals surface area (Å²) in [6.07, 6.45) is -3.83. The van der Waals surface area contributed by atoms with Crippen LogP contribution in [0.5, 0.6) is 11.6 Å². The van der Waals surface area contributed by atoms with Gasteiger partial charge in [0.1, 0.15) is 0 Å². The lowest BCUT2D eigenvalue weighted by Gasteiger charge is -2.11. The van der Waals surface area contributed by atoms with Crippen LogP contribution in [-0.4, -0.2) is 22.4 Å². The van der Waals surface area contributed by atoms with Gasteiger partial charge in [-0.1, -0.05) is 30.1 Å². The van der Waals surface area contributed by atoms with Crippen LogP contribution < -0.4 is 10.1 Å². The fourth-order valence-electron chi connectivity index (χ4n) is 1.93. The summed E-state index contributed by atoms with van der Waals surface area (Å²) in [5.41, 5.74) is -0.515. The second-order valence-corrected chi connectivity index (χ2v) is 5.95. The quantitative estimate of drug-likeness (QED) is 0.766. The number of hydrogen-bond donors (Lipinski definition) is 1. The molecule has 1 amide bonds. The van der Waals surface area contributed by atoms with Gasteiger partial charge < -0.3 is 10.1 Å². The minimum Gasteiger partial charge on any atom is -0.434 e. The second kappa shape index (κ2) is 7.53. The van der Waals surface area contributed by atoms with Crippen LogP contribution in [0.1, 0.15) is 24.6 Å². The summed E-state index contributed by atoms with van der Waals surface area (Å²) in [5, 5.41) is 5.96. The van der Waals surface area contributed by atoms with E-state index < -0.39 is 17.8 Å². The Labute approximate surface area is 151 Å². The number of nitrogens with one attached hydrogen (secondary N) is 1. The second-order valence-electron chi connectivity index (χ2n) is 5.14. The summed E-state index contributed by atoms with van der Waals surface area (Å²) in [6, 6.07) is 2.41. The molecule has 0 atom stereocenters. The zero-order valence-corrected chi connectivity index (χ0v) is 14.8. The minimum atomic E-state index is -4.58. The number of ether oxygens (including phenoxy) is 1. The van der Waals surface area contributed by atoms with E-state index in [9.17, 15) is 18.0 Å². The Morgan fingerprint density at radius 3 is 2.40 bits per heavy atom. The molecule has 0 saturated carbocycles. The van der Waals surface area contributed by atoms with Crippen LogP contribution in [0.3, 0.4) is 0 Å². The molecule has 2 aromatic rings. The van der Waals surface area contributed by atoms with E-state index in [-0.39, 0.29) is 21.7 Å². The van der Waals surface area contributed by atoms with E-state index in [0.717, 1.165) is 11.1 Å². The summed E-state index contributed by atoms with van der Waals surface area (Å²) in [6.45, 7) is 4.01. The normalized spacial score (nSPS) is 11.5. The minimum absolute atomic E-state index is 0.0206. The summed E-state index contributed by atoms with van der Waals surface area (Å²) in [5.74, 6) is -0.192. The summed E-state index contributed by atoms with van der Waals surface area (Å²) in [4.78, 5) is 11.9. The number of alkyl halides is 3. The lowest BCUT2D eigenvalue weighted by molar-refractivity contribution is -0.137. The topological polar surface area (TPSA) is 56.2 Å². The fraction of sp³-hybridized carbons (Fsp3) is 0.333. The van der Waals surface area contributed by atoms with Gasteiger partial charge in [0.25, 0.3) is 0 Å². The number of halogens is 5. The van der Waals surface area contributed by atoms with E-state index >= 15 is 0 Å². The predicted octanol–water partition coefficient (Wildman–Crippen LogP) is 5.28. The van der Waals surface area contributed by atoms with Crippen molar-refractivity contribution >= 4 is 29.2 Å². The van der Waals surface area contributed by atoms with Crippen LogP contribution in [0.25, 0.3) is 0 Å². The van der Waals surface area contributed by atoms with Gasteiger partial charge >= 0.3 is 12.2 Å². The van der Waals surface area contributed by atoms with Gasteiger partial charge in [-0.3, -0.25) is 0 Å². The SMILES string of the molecule is CCCNC(=O)n1nc(Oc2c(Cl)cc(C(F)(F)F)cc2Cl)cc1C. The molecule has 0 aliphatic rings. The van der Waals surface area contributed by atoms with Gasteiger partial charge in [-0.2, -0.15) is 17.9 Å². The largest absolute Gasteiger partial charge is 0.434 e.